The Morgan fingerprint density at radius 1 is 1.44 bits per heavy atom. The summed E-state index contributed by atoms with van der Waals surface area (Å²) < 4.78 is 0. The first kappa shape index (κ1) is 11.5. The summed E-state index contributed by atoms with van der Waals surface area (Å²) in [5.74, 6) is 0.0239. The molecule has 6 heteroatoms. The lowest BCUT2D eigenvalue weighted by Gasteiger charge is -2.19. The van der Waals surface area contributed by atoms with E-state index in [1.807, 2.05) is 18.2 Å². The summed E-state index contributed by atoms with van der Waals surface area (Å²) in [7, 11) is 0. The molecule has 94 valence electrons. The Bertz CT molecular complexity index is 514. The average molecular weight is 266 g/mol. The van der Waals surface area contributed by atoms with Gasteiger partial charge in [-0.1, -0.05) is 23.7 Å². The molecule has 5 nitrogen and oxygen atoms in total. The van der Waals surface area contributed by atoms with Gasteiger partial charge in [-0.2, -0.15) is 0 Å². The Labute approximate surface area is 109 Å². The van der Waals surface area contributed by atoms with Crippen LogP contribution in [0.1, 0.15) is 24.0 Å². The summed E-state index contributed by atoms with van der Waals surface area (Å²) >= 11 is 6.17. The van der Waals surface area contributed by atoms with E-state index in [1.165, 1.54) is 5.06 Å². The highest BCUT2D eigenvalue weighted by atomic mass is 35.5. The van der Waals surface area contributed by atoms with Gasteiger partial charge < -0.3 is 0 Å². The molecule has 0 spiro atoms. The molecular weight excluding hydrogens is 254 g/mol. The number of amides is 1. The van der Waals surface area contributed by atoms with E-state index in [0.717, 1.165) is 24.0 Å². The molecule has 1 saturated carbocycles. The largest absolute Gasteiger partial charge is 0.271 e. The maximum atomic E-state index is 12.0. The minimum absolute atomic E-state index is 0.0466. The van der Waals surface area contributed by atoms with E-state index in [0.29, 0.717) is 18.1 Å². The Morgan fingerprint density at radius 3 is 3.00 bits per heavy atom. The Balaban J connectivity index is 1.89. The molecule has 1 aromatic carbocycles. The van der Waals surface area contributed by atoms with E-state index < -0.39 is 0 Å². The molecule has 0 radical (unpaired) electrons. The van der Waals surface area contributed by atoms with Gasteiger partial charge in [-0.15, -0.1) is 10.2 Å². The van der Waals surface area contributed by atoms with Crippen LogP contribution in [0.2, 0.25) is 5.02 Å². The monoisotopic (exact) mass is 265 g/mol. The zero-order valence-electron chi connectivity index (χ0n) is 9.67. The molecule has 2 bridgehead atoms. The molecule has 4 rings (SSSR count). The molecule has 0 atom stereocenters. The molecule has 3 aliphatic rings. The SMILES string of the molecule is O=C(C1CC1)N1Cc2ccc(cc2Cl)CN=NO1. The second-order valence-electron chi connectivity index (χ2n) is 4.54. The third-order valence-corrected chi connectivity index (χ3v) is 3.40. The Kier molecular flexibility index (Phi) is 2.91. The van der Waals surface area contributed by atoms with Crippen molar-refractivity contribution >= 4 is 17.5 Å². The quantitative estimate of drug-likeness (QED) is 0.784. The highest BCUT2D eigenvalue weighted by Crippen LogP contribution is 2.32. The van der Waals surface area contributed by atoms with Crippen molar-refractivity contribution in [3.05, 3.63) is 34.3 Å². The van der Waals surface area contributed by atoms with Crippen molar-refractivity contribution in [1.82, 2.24) is 5.06 Å². The van der Waals surface area contributed by atoms with Crippen LogP contribution in [0.5, 0.6) is 0 Å². The first-order valence-corrected chi connectivity index (χ1v) is 6.24. The van der Waals surface area contributed by atoms with E-state index in [1.54, 1.807) is 0 Å². The van der Waals surface area contributed by atoms with Crippen LogP contribution in [0.4, 0.5) is 0 Å². The first-order valence-electron chi connectivity index (χ1n) is 5.86. The van der Waals surface area contributed by atoms with Crippen LogP contribution < -0.4 is 0 Å². The molecule has 0 aromatic heterocycles. The fourth-order valence-electron chi connectivity index (χ4n) is 1.83. The minimum Gasteiger partial charge on any atom is -0.271 e. The molecule has 0 unspecified atom stereocenters. The summed E-state index contributed by atoms with van der Waals surface area (Å²) in [6, 6.07) is 5.68. The third-order valence-electron chi connectivity index (χ3n) is 3.05. The van der Waals surface area contributed by atoms with Gasteiger partial charge in [-0.05, 0) is 30.0 Å². The van der Waals surface area contributed by atoms with E-state index in [4.69, 9.17) is 16.5 Å². The van der Waals surface area contributed by atoms with Crippen molar-refractivity contribution < 1.29 is 9.73 Å². The van der Waals surface area contributed by atoms with Gasteiger partial charge in [0, 0.05) is 10.9 Å². The topological polar surface area (TPSA) is 54.3 Å². The lowest BCUT2D eigenvalue weighted by molar-refractivity contribution is -0.196. The van der Waals surface area contributed by atoms with Gasteiger partial charge in [0.1, 0.15) is 0 Å². The number of carbonyl (C=O) groups is 1. The van der Waals surface area contributed by atoms with Gasteiger partial charge >= 0.3 is 0 Å². The normalized spacial score (nSPS) is 18.6. The van der Waals surface area contributed by atoms with Gasteiger partial charge in [0.2, 0.25) is 0 Å². The summed E-state index contributed by atoms with van der Waals surface area (Å²) in [6.45, 7) is 0.693. The Morgan fingerprint density at radius 2 is 2.28 bits per heavy atom. The standard InChI is InChI=1S/C12H12ClN3O2/c13-11-5-8-1-2-10(11)7-16(18-15-14-6-8)12(17)9-3-4-9/h1-2,5,9H,3-4,6-7H2. The smallest absolute Gasteiger partial charge is 0.260 e. The van der Waals surface area contributed by atoms with Crippen LogP contribution in [0, 0.1) is 5.92 Å². The van der Waals surface area contributed by atoms with E-state index in [2.05, 4.69) is 10.4 Å². The van der Waals surface area contributed by atoms with Crippen molar-refractivity contribution in [3.8, 4) is 0 Å². The number of fused-ring (bicyclic) bond motifs is 6. The summed E-state index contributed by atoms with van der Waals surface area (Å²) in [5, 5.41) is 9.31. The molecule has 2 aliphatic heterocycles. The van der Waals surface area contributed by atoms with Crippen LogP contribution >= 0.6 is 11.6 Å². The zero-order chi connectivity index (χ0) is 12.5. The van der Waals surface area contributed by atoms with Gasteiger partial charge in [-0.3, -0.25) is 4.79 Å². The minimum atomic E-state index is -0.0466. The first-order chi connectivity index (χ1) is 8.74. The lowest BCUT2D eigenvalue weighted by atomic mass is 10.1. The van der Waals surface area contributed by atoms with Crippen LogP contribution in [-0.4, -0.2) is 11.0 Å². The summed E-state index contributed by atoms with van der Waals surface area (Å²) in [5.41, 5.74) is 1.82. The molecule has 0 saturated heterocycles. The fourth-order valence-corrected chi connectivity index (χ4v) is 2.10. The second kappa shape index (κ2) is 4.57. The zero-order valence-corrected chi connectivity index (χ0v) is 10.4. The number of carbonyl (C=O) groups excluding carboxylic acids is 1. The second-order valence-corrected chi connectivity index (χ2v) is 4.94. The average Bonchev–Trinajstić information content (AvgIpc) is 3.20. The van der Waals surface area contributed by atoms with E-state index >= 15 is 0 Å². The lowest BCUT2D eigenvalue weighted by Crippen LogP contribution is -2.30. The highest BCUT2D eigenvalue weighted by Gasteiger charge is 2.35. The van der Waals surface area contributed by atoms with Crippen LogP contribution in [0.15, 0.2) is 28.6 Å². The Hall–Kier alpha value is -1.62. The number of hydroxylamine groups is 2. The molecule has 1 aromatic rings. The molecule has 18 heavy (non-hydrogen) atoms. The van der Waals surface area contributed by atoms with Crippen LogP contribution in [0.25, 0.3) is 0 Å². The highest BCUT2D eigenvalue weighted by molar-refractivity contribution is 6.31. The maximum absolute atomic E-state index is 12.0. The molecular formula is C12H12ClN3O2. The van der Waals surface area contributed by atoms with Crippen LogP contribution in [0.3, 0.4) is 0 Å². The van der Waals surface area contributed by atoms with Crippen molar-refractivity contribution in [2.75, 3.05) is 0 Å². The van der Waals surface area contributed by atoms with Crippen molar-refractivity contribution in [3.63, 3.8) is 0 Å². The molecule has 1 amide bonds. The molecule has 1 fully saturated rings. The van der Waals surface area contributed by atoms with Crippen molar-refractivity contribution in [1.29, 1.82) is 0 Å². The number of nitrogens with zero attached hydrogens (tertiary/aromatic N) is 3. The van der Waals surface area contributed by atoms with Crippen molar-refractivity contribution in [2.45, 2.75) is 25.9 Å². The fraction of sp³-hybridized carbons (Fsp3) is 0.417. The predicted octanol–water partition coefficient (Wildman–Crippen LogP) is 2.89. The van der Waals surface area contributed by atoms with E-state index in [9.17, 15) is 4.79 Å². The van der Waals surface area contributed by atoms with E-state index in [-0.39, 0.29) is 11.8 Å². The molecule has 0 N–H and O–H groups in total. The summed E-state index contributed by atoms with van der Waals surface area (Å²) in [6.07, 6.45) is 1.84. The van der Waals surface area contributed by atoms with Gasteiger partial charge in [0.05, 0.1) is 18.4 Å². The number of hydrogen-bond donors (Lipinski definition) is 0. The molecule has 1 aliphatic carbocycles. The number of benzene rings is 1. The van der Waals surface area contributed by atoms with Gasteiger partial charge in [0.15, 0.2) is 0 Å². The van der Waals surface area contributed by atoms with Gasteiger partial charge in [-0.25, -0.2) is 4.94 Å². The number of halogens is 1. The third kappa shape index (κ3) is 2.31. The molecule has 2 heterocycles. The summed E-state index contributed by atoms with van der Waals surface area (Å²) in [4.78, 5) is 17.1. The van der Waals surface area contributed by atoms with Crippen LogP contribution in [-0.2, 0) is 22.8 Å². The van der Waals surface area contributed by atoms with Gasteiger partial charge in [0.25, 0.3) is 5.91 Å². The predicted molar refractivity (Wildman–Crippen MR) is 64.4 cm³/mol. The number of rotatable bonds is 1. The van der Waals surface area contributed by atoms with Crippen molar-refractivity contribution in [2.24, 2.45) is 16.3 Å². The number of hydrogen-bond acceptors (Lipinski definition) is 4. The maximum Gasteiger partial charge on any atom is 0.260 e.